The Bertz CT molecular complexity index is 469. The highest BCUT2D eigenvalue weighted by atomic mass is 16.5. The number of rotatable bonds is 1. The van der Waals surface area contributed by atoms with Crippen LogP contribution in [0.2, 0.25) is 0 Å². The Morgan fingerprint density at radius 2 is 2.29 bits per heavy atom. The minimum atomic E-state index is 0.206. The van der Waals surface area contributed by atoms with Crippen molar-refractivity contribution in [3.05, 3.63) is 29.3 Å². The van der Waals surface area contributed by atoms with Crippen LogP contribution in [0.4, 0.5) is 0 Å². The summed E-state index contributed by atoms with van der Waals surface area (Å²) in [6.45, 7) is 2.55. The van der Waals surface area contributed by atoms with Crippen molar-refractivity contribution < 1.29 is 9.53 Å². The van der Waals surface area contributed by atoms with Crippen LogP contribution in [0, 0.1) is 0 Å². The molecule has 2 aliphatic rings. The fourth-order valence-corrected chi connectivity index (χ4v) is 3.24. The molecule has 3 heteroatoms. The lowest BCUT2D eigenvalue weighted by molar-refractivity contribution is -0.129. The first-order valence-electron chi connectivity index (χ1n) is 6.13. The van der Waals surface area contributed by atoms with Gasteiger partial charge in [0, 0.05) is 25.4 Å². The quantitative estimate of drug-likeness (QED) is 0.739. The summed E-state index contributed by atoms with van der Waals surface area (Å²) in [5.74, 6) is 1.63. The van der Waals surface area contributed by atoms with E-state index in [2.05, 4.69) is 12.1 Å². The van der Waals surface area contributed by atoms with Crippen molar-refractivity contribution in [1.82, 2.24) is 4.90 Å². The molecule has 3 rings (SSSR count). The third-order valence-electron chi connectivity index (χ3n) is 4.07. The van der Waals surface area contributed by atoms with Crippen LogP contribution in [0.3, 0.4) is 0 Å². The van der Waals surface area contributed by atoms with Crippen molar-refractivity contribution in [2.45, 2.75) is 31.7 Å². The number of methoxy groups -OCH3 is 1. The fourth-order valence-electron chi connectivity index (χ4n) is 3.24. The summed E-state index contributed by atoms with van der Waals surface area (Å²) in [5, 5.41) is 0. The normalized spacial score (nSPS) is 25.6. The molecule has 0 N–H and O–H groups in total. The maximum Gasteiger partial charge on any atom is 0.219 e. The van der Waals surface area contributed by atoms with E-state index < -0.39 is 0 Å². The molecular weight excluding hydrogens is 214 g/mol. The second-order valence-corrected chi connectivity index (χ2v) is 5.03. The molecule has 2 bridgehead atoms. The smallest absolute Gasteiger partial charge is 0.219 e. The molecule has 0 unspecified atom stereocenters. The van der Waals surface area contributed by atoms with Crippen molar-refractivity contribution in [3.8, 4) is 5.75 Å². The first-order valence-corrected chi connectivity index (χ1v) is 6.13. The summed E-state index contributed by atoms with van der Waals surface area (Å²) in [7, 11) is 1.70. The molecule has 1 amide bonds. The third kappa shape index (κ3) is 1.61. The third-order valence-corrected chi connectivity index (χ3v) is 4.07. The summed E-state index contributed by atoms with van der Waals surface area (Å²) < 4.78 is 5.28. The monoisotopic (exact) mass is 231 g/mol. The molecule has 1 aliphatic heterocycles. The lowest BCUT2D eigenvalue weighted by atomic mass is 9.83. The maximum atomic E-state index is 11.6. The molecule has 0 radical (unpaired) electrons. The Balaban J connectivity index is 1.97. The van der Waals surface area contributed by atoms with E-state index in [1.165, 1.54) is 11.1 Å². The van der Waals surface area contributed by atoms with E-state index in [0.29, 0.717) is 12.0 Å². The SMILES string of the molecule is COc1ccc2c(c1)[C@H]1C[C@@H](C2)N(C(C)=O)C1. The van der Waals surface area contributed by atoms with Crippen LogP contribution in [0.25, 0.3) is 0 Å². The van der Waals surface area contributed by atoms with Gasteiger partial charge in [-0.3, -0.25) is 4.79 Å². The summed E-state index contributed by atoms with van der Waals surface area (Å²) in [6, 6.07) is 6.72. The molecule has 1 aromatic carbocycles. The first kappa shape index (κ1) is 10.6. The Labute approximate surface area is 101 Å². The lowest BCUT2D eigenvalue weighted by Gasteiger charge is -2.25. The average Bonchev–Trinajstić information content (AvgIpc) is 2.68. The topological polar surface area (TPSA) is 29.5 Å². The molecule has 1 heterocycles. The van der Waals surface area contributed by atoms with Crippen LogP contribution in [0.15, 0.2) is 18.2 Å². The zero-order valence-corrected chi connectivity index (χ0v) is 10.3. The number of carbonyl (C=O) groups is 1. The van der Waals surface area contributed by atoms with Gasteiger partial charge in [-0.15, -0.1) is 0 Å². The van der Waals surface area contributed by atoms with Crippen LogP contribution in [0.5, 0.6) is 5.75 Å². The number of likely N-dealkylation sites (tertiary alicyclic amines) is 1. The van der Waals surface area contributed by atoms with Crippen molar-refractivity contribution in [2.75, 3.05) is 13.7 Å². The number of hydrogen-bond donors (Lipinski definition) is 0. The van der Waals surface area contributed by atoms with E-state index in [-0.39, 0.29) is 5.91 Å². The number of carbonyl (C=O) groups excluding carboxylic acids is 1. The Morgan fingerprint density at radius 1 is 1.47 bits per heavy atom. The highest BCUT2D eigenvalue weighted by Crippen LogP contribution is 2.41. The van der Waals surface area contributed by atoms with Crippen molar-refractivity contribution in [3.63, 3.8) is 0 Å². The fraction of sp³-hybridized carbons (Fsp3) is 0.500. The zero-order chi connectivity index (χ0) is 12.0. The van der Waals surface area contributed by atoms with Gasteiger partial charge in [0.1, 0.15) is 5.75 Å². The van der Waals surface area contributed by atoms with E-state index >= 15 is 0 Å². The van der Waals surface area contributed by atoms with E-state index in [1.807, 2.05) is 11.0 Å². The average molecular weight is 231 g/mol. The second kappa shape index (κ2) is 3.76. The van der Waals surface area contributed by atoms with Gasteiger partial charge in [-0.1, -0.05) is 6.07 Å². The van der Waals surface area contributed by atoms with Crippen LogP contribution < -0.4 is 4.74 Å². The molecular formula is C14H17NO2. The number of amides is 1. The second-order valence-electron chi connectivity index (χ2n) is 5.03. The van der Waals surface area contributed by atoms with Gasteiger partial charge in [0.15, 0.2) is 0 Å². The number of benzene rings is 1. The molecule has 0 spiro atoms. The lowest BCUT2D eigenvalue weighted by Crippen LogP contribution is -2.34. The van der Waals surface area contributed by atoms with E-state index in [0.717, 1.165) is 25.1 Å². The number of fused-ring (bicyclic) bond motifs is 4. The van der Waals surface area contributed by atoms with Gasteiger partial charge in [-0.05, 0) is 36.1 Å². The van der Waals surface area contributed by atoms with Crippen LogP contribution >= 0.6 is 0 Å². The van der Waals surface area contributed by atoms with E-state index in [9.17, 15) is 4.79 Å². The molecule has 17 heavy (non-hydrogen) atoms. The maximum absolute atomic E-state index is 11.6. The Morgan fingerprint density at radius 3 is 3.00 bits per heavy atom. The molecule has 0 saturated carbocycles. The number of ether oxygens (including phenoxy) is 1. The molecule has 0 aromatic heterocycles. The molecule has 1 aromatic rings. The molecule has 1 saturated heterocycles. The van der Waals surface area contributed by atoms with Gasteiger partial charge in [0.2, 0.25) is 5.91 Å². The molecule has 3 nitrogen and oxygen atoms in total. The van der Waals surface area contributed by atoms with Gasteiger partial charge >= 0.3 is 0 Å². The summed E-state index contributed by atoms with van der Waals surface area (Å²) in [5.41, 5.74) is 2.76. The number of nitrogens with zero attached hydrogens (tertiary/aromatic N) is 1. The number of hydrogen-bond acceptors (Lipinski definition) is 2. The van der Waals surface area contributed by atoms with Crippen molar-refractivity contribution in [1.29, 1.82) is 0 Å². The Kier molecular flexibility index (Phi) is 2.35. The predicted molar refractivity (Wildman–Crippen MR) is 65.2 cm³/mol. The van der Waals surface area contributed by atoms with E-state index in [4.69, 9.17) is 4.74 Å². The predicted octanol–water partition coefficient (Wildman–Crippen LogP) is 1.96. The summed E-state index contributed by atoms with van der Waals surface area (Å²) in [4.78, 5) is 13.6. The minimum absolute atomic E-state index is 0.206. The first-order chi connectivity index (χ1) is 8.19. The van der Waals surface area contributed by atoms with Gasteiger partial charge < -0.3 is 9.64 Å². The van der Waals surface area contributed by atoms with Gasteiger partial charge in [0.25, 0.3) is 0 Å². The molecule has 90 valence electrons. The van der Waals surface area contributed by atoms with Crippen molar-refractivity contribution >= 4 is 5.91 Å². The van der Waals surface area contributed by atoms with Gasteiger partial charge in [-0.2, -0.15) is 0 Å². The molecule has 1 aliphatic carbocycles. The Hall–Kier alpha value is -1.51. The highest BCUT2D eigenvalue weighted by molar-refractivity contribution is 5.74. The molecule has 1 fully saturated rings. The van der Waals surface area contributed by atoms with Gasteiger partial charge in [-0.25, -0.2) is 0 Å². The van der Waals surface area contributed by atoms with Gasteiger partial charge in [0.05, 0.1) is 7.11 Å². The zero-order valence-electron chi connectivity index (χ0n) is 10.3. The van der Waals surface area contributed by atoms with E-state index in [1.54, 1.807) is 14.0 Å². The molecule has 2 atom stereocenters. The summed E-state index contributed by atoms with van der Waals surface area (Å²) >= 11 is 0. The largest absolute Gasteiger partial charge is 0.497 e. The van der Waals surface area contributed by atoms with Crippen molar-refractivity contribution in [2.24, 2.45) is 0 Å². The van der Waals surface area contributed by atoms with Crippen LogP contribution in [-0.4, -0.2) is 30.5 Å². The standard InChI is InChI=1S/C14H17NO2/c1-9(16)15-8-11-6-12(15)5-10-3-4-13(17-2)7-14(10)11/h3-4,7,11-12H,5-6,8H2,1-2H3/t11-,12+/m0/s1. The minimum Gasteiger partial charge on any atom is -0.497 e. The van der Waals surface area contributed by atoms with Crippen LogP contribution in [-0.2, 0) is 11.2 Å². The van der Waals surface area contributed by atoms with Crippen LogP contribution in [0.1, 0.15) is 30.4 Å². The highest BCUT2D eigenvalue weighted by Gasteiger charge is 2.39. The summed E-state index contributed by atoms with van der Waals surface area (Å²) in [6.07, 6.45) is 2.11.